The summed E-state index contributed by atoms with van der Waals surface area (Å²) in [6.07, 6.45) is 0. The SMILES string of the molecule is Cc1cc(C(=O)NC(C)(C)COc2cccc3c2C(N)=NSN3)c2ccccc2n1. The molecule has 0 fully saturated rings. The van der Waals surface area contributed by atoms with E-state index in [4.69, 9.17) is 10.5 Å². The second-order valence-corrected chi connectivity index (χ2v) is 8.37. The molecule has 4 rings (SSSR count). The highest BCUT2D eigenvalue weighted by Gasteiger charge is 2.25. The Hall–Kier alpha value is -3.26. The van der Waals surface area contributed by atoms with E-state index in [0.717, 1.165) is 27.8 Å². The van der Waals surface area contributed by atoms with Crippen LogP contribution in [0.4, 0.5) is 5.69 Å². The van der Waals surface area contributed by atoms with Crippen LogP contribution >= 0.6 is 12.1 Å². The molecular formula is C22H23N5O2S. The number of amides is 1. The molecule has 2 heterocycles. The Morgan fingerprint density at radius 2 is 2.03 bits per heavy atom. The predicted octanol–water partition coefficient (Wildman–Crippen LogP) is 3.82. The van der Waals surface area contributed by atoms with E-state index in [-0.39, 0.29) is 12.5 Å². The van der Waals surface area contributed by atoms with Gasteiger partial charge in [0.05, 0.1) is 40.0 Å². The van der Waals surface area contributed by atoms with Crippen molar-refractivity contribution in [3.05, 3.63) is 65.4 Å². The molecule has 3 aromatic rings. The number of rotatable bonds is 5. The van der Waals surface area contributed by atoms with Gasteiger partial charge in [-0.25, -0.2) is 0 Å². The number of nitrogens with two attached hydrogens (primary N) is 1. The van der Waals surface area contributed by atoms with E-state index in [9.17, 15) is 4.79 Å². The van der Waals surface area contributed by atoms with Gasteiger partial charge < -0.3 is 20.5 Å². The van der Waals surface area contributed by atoms with Gasteiger partial charge in [-0.05, 0) is 45.0 Å². The number of aromatic nitrogens is 1. The number of hydrogen-bond donors (Lipinski definition) is 3. The number of ether oxygens (including phenoxy) is 1. The summed E-state index contributed by atoms with van der Waals surface area (Å²) in [6, 6.07) is 15.1. The molecule has 0 bridgehead atoms. The van der Waals surface area contributed by atoms with Gasteiger partial charge in [0.1, 0.15) is 18.2 Å². The van der Waals surface area contributed by atoms with Crippen molar-refractivity contribution in [2.75, 3.05) is 11.3 Å². The fraction of sp³-hybridized carbons (Fsp3) is 0.227. The number of aryl methyl sites for hydroxylation is 1. The van der Waals surface area contributed by atoms with Crippen molar-refractivity contribution in [3.63, 3.8) is 0 Å². The van der Waals surface area contributed by atoms with Crippen molar-refractivity contribution < 1.29 is 9.53 Å². The third-order valence-electron chi connectivity index (χ3n) is 4.71. The zero-order valence-corrected chi connectivity index (χ0v) is 17.8. The predicted molar refractivity (Wildman–Crippen MR) is 122 cm³/mol. The maximum absolute atomic E-state index is 13.1. The molecule has 1 amide bonds. The van der Waals surface area contributed by atoms with Gasteiger partial charge in [-0.3, -0.25) is 9.78 Å². The highest BCUT2D eigenvalue weighted by Crippen LogP contribution is 2.32. The Labute approximate surface area is 179 Å². The molecule has 30 heavy (non-hydrogen) atoms. The number of anilines is 1. The van der Waals surface area contributed by atoms with E-state index in [0.29, 0.717) is 17.1 Å². The van der Waals surface area contributed by atoms with Crippen LogP contribution in [0.25, 0.3) is 10.9 Å². The molecule has 8 heteroatoms. The van der Waals surface area contributed by atoms with Gasteiger partial charge in [0.15, 0.2) is 0 Å². The molecule has 0 radical (unpaired) electrons. The molecule has 154 valence electrons. The Morgan fingerprint density at radius 1 is 1.23 bits per heavy atom. The number of hydrogen-bond acceptors (Lipinski definition) is 7. The molecule has 0 unspecified atom stereocenters. The summed E-state index contributed by atoms with van der Waals surface area (Å²) in [6.45, 7) is 5.98. The first-order chi connectivity index (χ1) is 14.3. The van der Waals surface area contributed by atoms with E-state index in [1.165, 1.54) is 12.1 Å². The fourth-order valence-corrected chi connectivity index (χ4v) is 3.84. The van der Waals surface area contributed by atoms with Gasteiger partial charge in [-0.1, -0.05) is 24.3 Å². The Morgan fingerprint density at radius 3 is 2.87 bits per heavy atom. The van der Waals surface area contributed by atoms with Crippen LogP contribution in [0.3, 0.4) is 0 Å². The van der Waals surface area contributed by atoms with E-state index in [1.807, 2.05) is 69.3 Å². The second kappa shape index (κ2) is 7.87. The third kappa shape index (κ3) is 4.04. The first-order valence-corrected chi connectivity index (χ1v) is 10.3. The standard InChI is InChI=1S/C22H23N5O2S/c1-13-11-15(14-7-4-5-8-16(14)24-13)21(28)25-22(2,3)12-29-18-10-6-9-17-19(18)20(23)27-30-26-17/h4-11,26H,12H2,1-3H3,(H2,23,27)(H,25,28). The van der Waals surface area contributed by atoms with Crippen LogP contribution in [-0.2, 0) is 0 Å². The first-order valence-electron chi connectivity index (χ1n) is 9.55. The van der Waals surface area contributed by atoms with Crippen molar-refractivity contribution in [3.8, 4) is 5.75 Å². The minimum atomic E-state index is -0.624. The number of carbonyl (C=O) groups is 1. The van der Waals surface area contributed by atoms with Gasteiger partial charge in [0, 0.05) is 11.1 Å². The number of nitrogens with one attached hydrogen (secondary N) is 2. The van der Waals surface area contributed by atoms with Gasteiger partial charge in [0.25, 0.3) is 5.91 Å². The Bertz CT molecular complexity index is 1160. The molecule has 2 aromatic carbocycles. The molecule has 4 N–H and O–H groups in total. The van der Waals surface area contributed by atoms with E-state index in [2.05, 4.69) is 19.4 Å². The highest BCUT2D eigenvalue weighted by molar-refractivity contribution is 7.99. The Kier molecular flexibility index (Phi) is 5.26. The normalized spacial score (nSPS) is 13.2. The summed E-state index contributed by atoms with van der Waals surface area (Å²) in [5.74, 6) is 0.860. The summed E-state index contributed by atoms with van der Waals surface area (Å²) in [4.78, 5) is 17.6. The number of benzene rings is 2. The molecule has 0 saturated carbocycles. The fourth-order valence-electron chi connectivity index (χ4n) is 3.33. The number of fused-ring (bicyclic) bond motifs is 2. The summed E-state index contributed by atoms with van der Waals surface area (Å²) in [5, 5.41) is 3.90. The molecule has 0 spiro atoms. The quantitative estimate of drug-likeness (QED) is 0.541. The molecule has 1 aliphatic heterocycles. The third-order valence-corrected chi connectivity index (χ3v) is 5.31. The maximum atomic E-state index is 13.1. The van der Waals surface area contributed by atoms with Crippen LogP contribution in [0.1, 0.15) is 35.5 Å². The van der Waals surface area contributed by atoms with Gasteiger partial charge in [0.2, 0.25) is 0 Å². The minimum absolute atomic E-state index is 0.167. The number of carbonyl (C=O) groups excluding carboxylic acids is 1. The lowest BCUT2D eigenvalue weighted by Gasteiger charge is -2.28. The second-order valence-electron chi connectivity index (χ2n) is 7.80. The molecule has 0 aliphatic carbocycles. The smallest absolute Gasteiger partial charge is 0.252 e. The molecule has 0 saturated heterocycles. The van der Waals surface area contributed by atoms with Gasteiger partial charge in [-0.2, -0.15) is 4.40 Å². The minimum Gasteiger partial charge on any atom is -0.490 e. The van der Waals surface area contributed by atoms with Crippen molar-refractivity contribution >= 4 is 40.5 Å². The number of nitrogens with zero attached hydrogens (tertiary/aromatic N) is 2. The largest absolute Gasteiger partial charge is 0.490 e. The first kappa shape index (κ1) is 20.0. The van der Waals surface area contributed by atoms with Crippen molar-refractivity contribution in [2.24, 2.45) is 10.1 Å². The van der Waals surface area contributed by atoms with Crippen LogP contribution in [0, 0.1) is 6.92 Å². The summed E-state index contributed by atoms with van der Waals surface area (Å²) in [7, 11) is 0. The number of amidine groups is 1. The summed E-state index contributed by atoms with van der Waals surface area (Å²) < 4.78 is 13.3. The van der Waals surface area contributed by atoms with E-state index < -0.39 is 5.54 Å². The molecule has 1 aromatic heterocycles. The lowest BCUT2D eigenvalue weighted by Crippen LogP contribution is -2.48. The van der Waals surface area contributed by atoms with Crippen LogP contribution in [0.2, 0.25) is 0 Å². The Balaban J connectivity index is 1.53. The molecular weight excluding hydrogens is 398 g/mol. The van der Waals surface area contributed by atoms with Gasteiger partial charge in [-0.15, -0.1) is 0 Å². The van der Waals surface area contributed by atoms with E-state index in [1.54, 1.807) is 0 Å². The number of para-hydroxylation sites is 1. The summed E-state index contributed by atoms with van der Waals surface area (Å²) >= 11 is 1.18. The molecule has 0 atom stereocenters. The monoisotopic (exact) mass is 421 g/mol. The topological polar surface area (TPSA) is 102 Å². The van der Waals surface area contributed by atoms with E-state index >= 15 is 0 Å². The highest BCUT2D eigenvalue weighted by atomic mass is 32.2. The van der Waals surface area contributed by atoms with Crippen molar-refractivity contribution in [1.82, 2.24) is 10.3 Å². The zero-order valence-electron chi connectivity index (χ0n) is 17.0. The number of pyridine rings is 1. The molecule has 7 nitrogen and oxygen atoms in total. The average molecular weight is 422 g/mol. The van der Waals surface area contributed by atoms with Crippen molar-refractivity contribution in [1.29, 1.82) is 0 Å². The maximum Gasteiger partial charge on any atom is 0.252 e. The van der Waals surface area contributed by atoms with Crippen molar-refractivity contribution in [2.45, 2.75) is 26.3 Å². The molecule has 1 aliphatic rings. The van der Waals surface area contributed by atoms with Gasteiger partial charge >= 0.3 is 0 Å². The lowest BCUT2D eigenvalue weighted by molar-refractivity contribution is 0.0882. The van der Waals surface area contributed by atoms with Crippen LogP contribution in [-0.4, -0.2) is 28.9 Å². The van der Waals surface area contributed by atoms with Crippen LogP contribution in [0.5, 0.6) is 5.75 Å². The van der Waals surface area contributed by atoms with Crippen LogP contribution in [0.15, 0.2) is 52.9 Å². The zero-order chi connectivity index (χ0) is 21.3. The average Bonchev–Trinajstić information content (AvgIpc) is 2.71. The summed E-state index contributed by atoms with van der Waals surface area (Å²) in [5.41, 5.74) is 9.19. The van der Waals surface area contributed by atoms with Crippen LogP contribution < -0.4 is 20.5 Å². The lowest BCUT2D eigenvalue weighted by atomic mass is 10.0.